The van der Waals surface area contributed by atoms with Crippen LogP contribution in [0.2, 0.25) is 5.15 Å². The van der Waals surface area contributed by atoms with E-state index in [-0.39, 0.29) is 16.6 Å². The second kappa shape index (κ2) is 6.29. The highest BCUT2D eigenvalue weighted by Crippen LogP contribution is 2.29. The molecular weight excluding hydrogens is 334 g/mol. The van der Waals surface area contributed by atoms with Gasteiger partial charge < -0.3 is 14.0 Å². The minimum absolute atomic E-state index is 0.177. The van der Waals surface area contributed by atoms with Crippen molar-refractivity contribution in [1.29, 1.82) is 0 Å². The van der Waals surface area contributed by atoms with E-state index < -0.39 is 6.16 Å². The Bertz CT molecular complexity index is 952. The van der Waals surface area contributed by atoms with E-state index in [4.69, 9.17) is 16.3 Å². The minimum atomic E-state index is -0.834. The molecule has 0 bridgehead atoms. The Morgan fingerprint density at radius 3 is 2.71 bits per heavy atom. The first kappa shape index (κ1) is 15.9. The molecule has 2 aromatic heterocycles. The van der Waals surface area contributed by atoms with E-state index in [2.05, 4.69) is 14.7 Å². The second-order valence-corrected chi connectivity index (χ2v) is 5.28. The molecule has 0 atom stereocenters. The maximum atomic E-state index is 12.7. The quantitative estimate of drug-likeness (QED) is 0.314. The van der Waals surface area contributed by atoms with Crippen LogP contribution in [-0.2, 0) is 11.8 Å². The van der Waals surface area contributed by atoms with Crippen LogP contribution in [0.15, 0.2) is 36.7 Å². The summed E-state index contributed by atoms with van der Waals surface area (Å²) in [6, 6.07) is 8.24. The van der Waals surface area contributed by atoms with Crippen molar-refractivity contribution in [2.24, 2.45) is 7.05 Å². The number of ether oxygens (including phenoxy) is 2. The van der Waals surface area contributed by atoms with Gasteiger partial charge in [0.2, 0.25) is 5.78 Å². The van der Waals surface area contributed by atoms with Crippen LogP contribution >= 0.6 is 11.6 Å². The van der Waals surface area contributed by atoms with E-state index in [1.807, 2.05) is 6.07 Å². The maximum absolute atomic E-state index is 12.7. The Labute approximate surface area is 141 Å². The summed E-state index contributed by atoms with van der Waals surface area (Å²) in [5, 5.41) is 0.921. The molecule has 2 heterocycles. The number of methoxy groups -OCH3 is 1. The third-order valence-electron chi connectivity index (χ3n) is 3.48. The third-order valence-corrected chi connectivity index (χ3v) is 3.68. The molecular formula is C16H12ClN3O4. The van der Waals surface area contributed by atoms with Gasteiger partial charge in [0.05, 0.1) is 18.3 Å². The SMILES string of the molecule is COC(=O)Oc1cccc2cc(C(=O)c3cc(Cl)ncn3)n(C)c12. The number of ketones is 1. The molecule has 3 rings (SSSR count). The summed E-state index contributed by atoms with van der Waals surface area (Å²) in [7, 11) is 2.92. The molecule has 7 nitrogen and oxygen atoms in total. The zero-order chi connectivity index (χ0) is 17.3. The van der Waals surface area contributed by atoms with E-state index in [0.29, 0.717) is 17.0 Å². The van der Waals surface area contributed by atoms with Crippen LogP contribution in [0.5, 0.6) is 5.75 Å². The first-order valence-electron chi connectivity index (χ1n) is 6.87. The van der Waals surface area contributed by atoms with Crippen LogP contribution < -0.4 is 4.74 Å². The normalized spacial score (nSPS) is 10.6. The van der Waals surface area contributed by atoms with Gasteiger partial charge in [-0.1, -0.05) is 23.7 Å². The van der Waals surface area contributed by atoms with Gasteiger partial charge in [0.15, 0.2) is 5.75 Å². The average Bonchev–Trinajstić information content (AvgIpc) is 2.92. The van der Waals surface area contributed by atoms with Gasteiger partial charge in [-0.3, -0.25) is 4.79 Å². The molecule has 0 aliphatic heterocycles. The molecule has 0 radical (unpaired) electrons. The highest BCUT2D eigenvalue weighted by molar-refractivity contribution is 6.29. The van der Waals surface area contributed by atoms with Gasteiger partial charge in [0.1, 0.15) is 17.2 Å². The van der Waals surface area contributed by atoms with Gasteiger partial charge in [-0.25, -0.2) is 14.8 Å². The van der Waals surface area contributed by atoms with E-state index in [1.54, 1.807) is 29.8 Å². The fourth-order valence-electron chi connectivity index (χ4n) is 2.40. The molecule has 24 heavy (non-hydrogen) atoms. The lowest BCUT2D eigenvalue weighted by molar-refractivity contribution is 0.102. The molecule has 8 heteroatoms. The Morgan fingerprint density at radius 1 is 1.21 bits per heavy atom. The van der Waals surface area contributed by atoms with Crippen LogP contribution in [0.1, 0.15) is 16.2 Å². The van der Waals surface area contributed by atoms with Gasteiger partial charge >= 0.3 is 6.16 Å². The number of para-hydroxylation sites is 1. The average molecular weight is 346 g/mol. The number of aromatic nitrogens is 3. The molecule has 0 aliphatic carbocycles. The summed E-state index contributed by atoms with van der Waals surface area (Å²) in [6.07, 6.45) is 0.392. The summed E-state index contributed by atoms with van der Waals surface area (Å²) in [5.74, 6) is -0.0244. The van der Waals surface area contributed by atoms with Crippen molar-refractivity contribution in [3.8, 4) is 5.75 Å². The smallest absolute Gasteiger partial charge is 0.437 e. The molecule has 0 unspecified atom stereocenters. The van der Waals surface area contributed by atoms with Crippen LogP contribution in [0.3, 0.4) is 0 Å². The van der Waals surface area contributed by atoms with Crippen molar-refractivity contribution >= 4 is 34.4 Å². The van der Waals surface area contributed by atoms with Gasteiger partial charge in [0.25, 0.3) is 0 Å². The summed E-state index contributed by atoms with van der Waals surface area (Å²) in [6.45, 7) is 0. The van der Waals surface area contributed by atoms with Crippen molar-refractivity contribution in [3.63, 3.8) is 0 Å². The fraction of sp³-hybridized carbons (Fsp3) is 0.125. The summed E-state index contributed by atoms with van der Waals surface area (Å²) >= 11 is 5.81. The Kier molecular flexibility index (Phi) is 4.18. The molecule has 0 fully saturated rings. The highest BCUT2D eigenvalue weighted by atomic mass is 35.5. The van der Waals surface area contributed by atoms with E-state index in [1.165, 1.54) is 19.5 Å². The van der Waals surface area contributed by atoms with Crippen LogP contribution in [0.4, 0.5) is 4.79 Å². The van der Waals surface area contributed by atoms with E-state index in [0.717, 1.165) is 5.39 Å². The first-order chi connectivity index (χ1) is 11.5. The summed E-state index contributed by atoms with van der Waals surface area (Å²) < 4.78 is 11.3. The first-order valence-corrected chi connectivity index (χ1v) is 7.25. The number of fused-ring (bicyclic) bond motifs is 1. The number of aryl methyl sites for hydroxylation is 1. The molecule has 1 aromatic carbocycles. The Balaban J connectivity index is 2.10. The molecule has 0 aliphatic rings. The minimum Gasteiger partial charge on any atom is -0.437 e. The molecule has 0 saturated carbocycles. The van der Waals surface area contributed by atoms with Crippen LogP contribution in [0.25, 0.3) is 10.9 Å². The zero-order valence-electron chi connectivity index (χ0n) is 12.8. The van der Waals surface area contributed by atoms with Crippen molar-refractivity contribution in [2.45, 2.75) is 0 Å². The van der Waals surface area contributed by atoms with Gasteiger partial charge in [-0.15, -0.1) is 0 Å². The Hall–Kier alpha value is -2.93. The largest absolute Gasteiger partial charge is 0.513 e. The van der Waals surface area contributed by atoms with Gasteiger partial charge in [-0.2, -0.15) is 0 Å². The van der Waals surface area contributed by atoms with Crippen molar-refractivity contribution in [1.82, 2.24) is 14.5 Å². The number of hydrogen-bond acceptors (Lipinski definition) is 6. The number of hydrogen-bond donors (Lipinski definition) is 0. The van der Waals surface area contributed by atoms with Gasteiger partial charge in [0, 0.05) is 18.5 Å². The van der Waals surface area contributed by atoms with E-state index in [9.17, 15) is 9.59 Å². The number of halogens is 1. The molecule has 0 amide bonds. The van der Waals surface area contributed by atoms with Gasteiger partial charge in [-0.05, 0) is 12.1 Å². The number of carbonyl (C=O) groups excluding carboxylic acids is 2. The molecule has 0 spiro atoms. The van der Waals surface area contributed by atoms with Crippen molar-refractivity contribution in [2.75, 3.05) is 7.11 Å². The monoisotopic (exact) mass is 345 g/mol. The number of carbonyl (C=O) groups is 2. The lowest BCUT2D eigenvalue weighted by Gasteiger charge is -2.07. The van der Waals surface area contributed by atoms with Crippen LogP contribution in [0, 0.1) is 0 Å². The molecule has 122 valence electrons. The number of benzene rings is 1. The number of nitrogens with zero attached hydrogens (tertiary/aromatic N) is 3. The van der Waals surface area contributed by atoms with Crippen molar-refractivity contribution < 1.29 is 19.1 Å². The van der Waals surface area contributed by atoms with E-state index >= 15 is 0 Å². The molecule has 0 N–H and O–H groups in total. The topological polar surface area (TPSA) is 83.3 Å². The highest BCUT2D eigenvalue weighted by Gasteiger charge is 2.20. The molecule has 3 aromatic rings. The predicted molar refractivity (Wildman–Crippen MR) is 86.4 cm³/mol. The lowest BCUT2D eigenvalue weighted by Crippen LogP contribution is -2.11. The number of rotatable bonds is 3. The summed E-state index contributed by atoms with van der Waals surface area (Å²) in [4.78, 5) is 31.8. The summed E-state index contributed by atoms with van der Waals surface area (Å²) in [5.41, 5.74) is 1.14. The van der Waals surface area contributed by atoms with Crippen LogP contribution in [-0.4, -0.2) is 33.6 Å². The zero-order valence-corrected chi connectivity index (χ0v) is 13.6. The standard InChI is InChI=1S/C16H12ClN3O4/c1-20-11(15(21)10-7-13(17)19-8-18-10)6-9-4-3-5-12(14(9)20)24-16(22)23-2/h3-8H,1-2H3. The third kappa shape index (κ3) is 2.81. The maximum Gasteiger partial charge on any atom is 0.513 e. The molecule has 0 saturated heterocycles. The Morgan fingerprint density at radius 2 is 2.00 bits per heavy atom. The van der Waals surface area contributed by atoms with Crippen molar-refractivity contribution in [3.05, 3.63) is 53.2 Å². The fourth-order valence-corrected chi connectivity index (χ4v) is 2.55. The predicted octanol–water partition coefficient (Wildman–Crippen LogP) is 3.00. The lowest BCUT2D eigenvalue weighted by atomic mass is 10.2. The second-order valence-electron chi connectivity index (χ2n) is 4.89.